The highest BCUT2D eigenvalue weighted by Gasteiger charge is 2.37. The first kappa shape index (κ1) is 35.7. The quantitative estimate of drug-likeness (QED) is 0.156. The summed E-state index contributed by atoms with van der Waals surface area (Å²) < 4.78 is 0. The average molecular weight is 766 g/mol. The molecule has 0 bridgehead atoms. The first-order valence-corrected chi connectivity index (χ1v) is 20.9. The molecule has 10 aromatic carbocycles. The van der Waals surface area contributed by atoms with E-state index in [1.807, 2.05) is 0 Å². The van der Waals surface area contributed by atoms with Crippen LogP contribution in [0.25, 0.3) is 77.2 Å². The minimum Gasteiger partial charge on any atom is -0.310 e. The van der Waals surface area contributed by atoms with Crippen LogP contribution in [0.3, 0.4) is 0 Å². The van der Waals surface area contributed by atoms with Crippen molar-refractivity contribution in [2.24, 2.45) is 0 Å². The predicted octanol–water partition coefficient (Wildman–Crippen LogP) is 16.4. The van der Waals surface area contributed by atoms with Crippen LogP contribution in [0.2, 0.25) is 0 Å². The number of rotatable bonds is 7. The Kier molecular flexibility index (Phi) is 8.57. The van der Waals surface area contributed by atoms with Gasteiger partial charge in [-0.15, -0.1) is 0 Å². The molecule has 284 valence electrons. The van der Waals surface area contributed by atoms with Crippen molar-refractivity contribution in [1.82, 2.24) is 0 Å². The molecular formula is C59H43N. The molecule has 0 spiro atoms. The standard InChI is InChI=1S/C59H43N/c1-59(2)55-22-9-7-19-54(55)58-53(21-12-23-56(58)59)52-18-8-10-24-57(52)60(49-37-33-45(34-38-49)51-20-11-16-44-14-5-6-17-50(44)51)48-35-31-42(32-36-48)41-25-27-43(28-26-41)47-30-29-40-13-3-4-15-46(40)39-47/h3-39H,1-2H3. The number of hydrogen-bond donors (Lipinski definition) is 0. The van der Waals surface area contributed by atoms with Gasteiger partial charge in [0.05, 0.1) is 5.69 Å². The summed E-state index contributed by atoms with van der Waals surface area (Å²) in [6, 6.07) is 82.4. The van der Waals surface area contributed by atoms with Crippen molar-refractivity contribution in [2.45, 2.75) is 19.3 Å². The second kappa shape index (κ2) is 14.4. The topological polar surface area (TPSA) is 3.24 Å². The lowest BCUT2D eigenvalue weighted by atomic mass is 9.82. The molecule has 0 fully saturated rings. The van der Waals surface area contributed by atoms with Crippen molar-refractivity contribution in [2.75, 3.05) is 4.90 Å². The van der Waals surface area contributed by atoms with Gasteiger partial charge in [0.1, 0.15) is 0 Å². The van der Waals surface area contributed by atoms with Gasteiger partial charge in [-0.3, -0.25) is 0 Å². The van der Waals surface area contributed by atoms with Crippen molar-refractivity contribution in [1.29, 1.82) is 0 Å². The third-order valence-corrected chi connectivity index (χ3v) is 12.7. The molecule has 1 aliphatic rings. The van der Waals surface area contributed by atoms with Gasteiger partial charge in [-0.05, 0) is 119 Å². The van der Waals surface area contributed by atoms with Crippen LogP contribution in [0.5, 0.6) is 0 Å². The first-order chi connectivity index (χ1) is 29.5. The van der Waals surface area contributed by atoms with E-state index in [1.165, 1.54) is 88.3 Å². The van der Waals surface area contributed by atoms with E-state index < -0.39 is 0 Å². The third kappa shape index (κ3) is 6.01. The van der Waals surface area contributed by atoms with E-state index in [2.05, 4.69) is 243 Å². The van der Waals surface area contributed by atoms with E-state index in [0.29, 0.717) is 0 Å². The summed E-state index contributed by atoms with van der Waals surface area (Å²) in [5, 5.41) is 5.03. The molecule has 1 heteroatoms. The number of anilines is 3. The summed E-state index contributed by atoms with van der Waals surface area (Å²) in [5.41, 5.74) is 18.4. The maximum absolute atomic E-state index is 2.43. The Balaban J connectivity index is 1.01. The second-order valence-electron chi connectivity index (χ2n) is 16.5. The smallest absolute Gasteiger partial charge is 0.0540 e. The van der Waals surface area contributed by atoms with Crippen LogP contribution < -0.4 is 4.90 Å². The lowest BCUT2D eigenvalue weighted by molar-refractivity contribution is 0.660. The van der Waals surface area contributed by atoms with Crippen LogP contribution in [0.15, 0.2) is 224 Å². The minimum absolute atomic E-state index is 0.0858. The fourth-order valence-corrected chi connectivity index (χ4v) is 9.60. The average Bonchev–Trinajstić information content (AvgIpc) is 3.55. The van der Waals surface area contributed by atoms with Gasteiger partial charge in [0.2, 0.25) is 0 Å². The molecule has 0 aromatic heterocycles. The number of nitrogens with zero attached hydrogens (tertiary/aromatic N) is 1. The van der Waals surface area contributed by atoms with Crippen LogP contribution in [-0.2, 0) is 5.41 Å². The molecule has 0 aliphatic heterocycles. The Bertz CT molecular complexity index is 3200. The zero-order valence-electron chi connectivity index (χ0n) is 33.8. The Morgan fingerprint density at radius 1 is 0.317 bits per heavy atom. The van der Waals surface area contributed by atoms with E-state index in [0.717, 1.165) is 17.1 Å². The lowest BCUT2D eigenvalue weighted by Gasteiger charge is -2.29. The Morgan fingerprint density at radius 3 is 1.55 bits per heavy atom. The number of benzene rings is 10. The van der Waals surface area contributed by atoms with Crippen molar-refractivity contribution in [3.05, 3.63) is 236 Å². The Hall–Kier alpha value is -7.48. The van der Waals surface area contributed by atoms with E-state index in [1.54, 1.807) is 0 Å². The molecule has 0 atom stereocenters. The van der Waals surface area contributed by atoms with E-state index in [4.69, 9.17) is 0 Å². The van der Waals surface area contributed by atoms with Gasteiger partial charge in [-0.1, -0.05) is 202 Å². The zero-order chi connectivity index (χ0) is 40.2. The molecule has 10 aromatic rings. The van der Waals surface area contributed by atoms with Gasteiger partial charge in [-0.25, -0.2) is 0 Å². The summed E-state index contributed by atoms with van der Waals surface area (Å²) in [6.45, 7) is 4.71. The van der Waals surface area contributed by atoms with Gasteiger partial charge in [0.15, 0.2) is 0 Å². The first-order valence-electron chi connectivity index (χ1n) is 20.9. The summed E-state index contributed by atoms with van der Waals surface area (Å²) in [5.74, 6) is 0. The molecule has 0 amide bonds. The summed E-state index contributed by atoms with van der Waals surface area (Å²) in [4.78, 5) is 2.43. The summed E-state index contributed by atoms with van der Waals surface area (Å²) in [6.07, 6.45) is 0. The van der Waals surface area contributed by atoms with Gasteiger partial charge in [0, 0.05) is 22.4 Å². The largest absolute Gasteiger partial charge is 0.310 e. The van der Waals surface area contributed by atoms with E-state index in [9.17, 15) is 0 Å². The molecule has 0 radical (unpaired) electrons. The molecule has 1 nitrogen and oxygen atoms in total. The van der Waals surface area contributed by atoms with E-state index >= 15 is 0 Å². The molecular weight excluding hydrogens is 723 g/mol. The minimum atomic E-state index is -0.0858. The Labute approximate surface area is 352 Å². The van der Waals surface area contributed by atoms with Crippen molar-refractivity contribution in [3.63, 3.8) is 0 Å². The van der Waals surface area contributed by atoms with Gasteiger partial charge in [-0.2, -0.15) is 0 Å². The molecule has 0 heterocycles. The van der Waals surface area contributed by atoms with Crippen LogP contribution in [-0.4, -0.2) is 0 Å². The highest BCUT2D eigenvalue weighted by molar-refractivity contribution is 6.00. The zero-order valence-corrected chi connectivity index (χ0v) is 33.8. The molecule has 0 saturated heterocycles. The molecule has 0 N–H and O–H groups in total. The molecule has 0 saturated carbocycles. The molecule has 60 heavy (non-hydrogen) atoms. The van der Waals surface area contributed by atoms with Crippen molar-refractivity contribution in [3.8, 4) is 55.6 Å². The maximum atomic E-state index is 2.43. The lowest BCUT2D eigenvalue weighted by Crippen LogP contribution is -2.14. The normalized spacial score (nSPS) is 12.6. The van der Waals surface area contributed by atoms with Crippen molar-refractivity contribution >= 4 is 38.6 Å². The highest BCUT2D eigenvalue weighted by Crippen LogP contribution is 2.53. The van der Waals surface area contributed by atoms with Gasteiger partial charge < -0.3 is 4.90 Å². The SMILES string of the molecule is CC1(C)c2ccccc2-c2c(-c3ccccc3N(c3ccc(-c4ccc(-c5ccc6ccccc6c5)cc4)cc3)c3ccc(-c4cccc5ccccc45)cc3)cccc21. The number of para-hydroxylation sites is 1. The third-order valence-electron chi connectivity index (χ3n) is 12.7. The van der Waals surface area contributed by atoms with Crippen LogP contribution in [0.4, 0.5) is 17.1 Å². The fraction of sp³-hybridized carbons (Fsp3) is 0.0508. The van der Waals surface area contributed by atoms with Gasteiger partial charge in [0.25, 0.3) is 0 Å². The van der Waals surface area contributed by atoms with Crippen molar-refractivity contribution < 1.29 is 0 Å². The molecule has 11 rings (SSSR count). The monoisotopic (exact) mass is 765 g/mol. The Morgan fingerprint density at radius 2 is 0.800 bits per heavy atom. The highest BCUT2D eigenvalue weighted by atomic mass is 15.1. The fourth-order valence-electron chi connectivity index (χ4n) is 9.60. The van der Waals surface area contributed by atoms with Gasteiger partial charge >= 0.3 is 0 Å². The predicted molar refractivity (Wildman–Crippen MR) is 255 cm³/mol. The second-order valence-corrected chi connectivity index (χ2v) is 16.5. The van der Waals surface area contributed by atoms with Crippen LogP contribution in [0, 0.1) is 0 Å². The maximum Gasteiger partial charge on any atom is 0.0540 e. The van der Waals surface area contributed by atoms with E-state index in [-0.39, 0.29) is 5.41 Å². The summed E-state index contributed by atoms with van der Waals surface area (Å²) >= 11 is 0. The number of hydrogen-bond acceptors (Lipinski definition) is 1. The molecule has 1 aliphatic carbocycles. The number of fused-ring (bicyclic) bond motifs is 5. The summed E-state index contributed by atoms with van der Waals surface area (Å²) in [7, 11) is 0. The molecule has 0 unspecified atom stereocenters. The van der Waals surface area contributed by atoms with Crippen LogP contribution >= 0.6 is 0 Å². The van der Waals surface area contributed by atoms with Crippen LogP contribution in [0.1, 0.15) is 25.0 Å².